The van der Waals surface area contributed by atoms with Gasteiger partial charge in [0.25, 0.3) is 0 Å². The van der Waals surface area contributed by atoms with Gasteiger partial charge in [-0.2, -0.15) is 0 Å². The van der Waals surface area contributed by atoms with Crippen LogP contribution in [0.2, 0.25) is 10.0 Å². The largest absolute Gasteiger partial charge is 0.488 e. The van der Waals surface area contributed by atoms with Gasteiger partial charge in [-0.05, 0) is 52.7 Å². The van der Waals surface area contributed by atoms with Crippen LogP contribution in [0.15, 0.2) is 35.0 Å². The van der Waals surface area contributed by atoms with Gasteiger partial charge in [-0.15, -0.1) is 0 Å². The second-order valence-corrected chi connectivity index (χ2v) is 6.44. The fourth-order valence-electron chi connectivity index (χ4n) is 1.93. The molecule has 1 aliphatic rings. The molecule has 114 valence electrons. The Hall–Kier alpha value is -0.680. The summed E-state index contributed by atoms with van der Waals surface area (Å²) in [7, 11) is 1.95. The molecular weight excluding hydrogens is 377 g/mol. The van der Waals surface area contributed by atoms with Crippen LogP contribution in [-0.2, 0) is 4.74 Å². The smallest absolute Gasteiger partial charge is 0.156 e. The van der Waals surface area contributed by atoms with Gasteiger partial charge in [-0.25, -0.2) is 0 Å². The minimum absolute atomic E-state index is 0.0983. The van der Waals surface area contributed by atoms with Crippen molar-refractivity contribution in [3.8, 4) is 5.75 Å². The molecule has 3 nitrogen and oxygen atoms in total. The highest BCUT2D eigenvalue weighted by molar-refractivity contribution is 9.11. The van der Waals surface area contributed by atoms with Crippen LogP contribution in [0.3, 0.4) is 0 Å². The van der Waals surface area contributed by atoms with Crippen molar-refractivity contribution in [2.75, 3.05) is 20.3 Å². The molecule has 1 unspecified atom stereocenters. The van der Waals surface area contributed by atoms with E-state index in [9.17, 15) is 0 Å². The topological polar surface area (TPSA) is 21.7 Å². The Balaban J connectivity index is 1.82. The molecule has 0 bridgehead atoms. The fourth-order valence-corrected chi connectivity index (χ4v) is 3.11. The van der Waals surface area contributed by atoms with E-state index in [-0.39, 0.29) is 6.23 Å². The highest BCUT2D eigenvalue weighted by Gasteiger charge is 2.13. The van der Waals surface area contributed by atoms with Gasteiger partial charge in [0, 0.05) is 17.7 Å². The van der Waals surface area contributed by atoms with Gasteiger partial charge in [-0.3, -0.25) is 0 Å². The van der Waals surface area contributed by atoms with Gasteiger partial charge in [0.2, 0.25) is 0 Å². The van der Waals surface area contributed by atoms with Crippen LogP contribution in [0.25, 0.3) is 0 Å². The third-order valence-electron chi connectivity index (χ3n) is 2.91. The zero-order chi connectivity index (χ0) is 15.4. The molecule has 1 atom stereocenters. The quantitative estimate of drug-likeness (QED) is 0.674. The number of halogens is 3. The van der Waals surface area contributed by atoms with Gasteiger partial charge in [0.05, 0.1) is 16.7 Å². The molecule has 0 spiro atoms. The summed E-state index contributed by atoms with van der Waals surface area (Å²) in [6, 6.07) is 3.65. The molecule has 0 N–H and O–H groups in total. The third kappa shape index (κ3) is 4.65. The third-order valence-corrected chi connectivity index (χ3v) is 3.94. The molecule has 1 aliphatic heterocycles. The first kappa shape index (κ1) is 16.7. The normalized spacial score (nSPS) is 17.9. The molecule has 1 heterocycles. The second kappa shape index (κ2) is 7.54. The first-order chi connectivity index (χ1) is 9.97. The Morgan fingerprint density at radius 3 is 2.52 bits per heavy atom. The standard InChI is InChI=1S/C15H16BrCl2NO2/c1-10-7-12(17)15(13(18)8-10)21-6-5-20-14-4-3-11(16)9-19(14)2/h3-4,7-9,14H,5-6H2,1-2H3. The Kier molecular flexibility index (Phi) is 5.99. The number of ether oxygens (including phenoxy) is 2. The summed E-state index contributed by atoms with van der Waals surface area (Å²) in [6.07, 6.45) is 5.79. The van der Waals surface area contributed by atoms with Crippen LogP contribution in [-0.4, -0.2) is 31.4 Å². The Labute approximate surface area is 143 Å². The summed E-state index contributed by atoms with van der Waals surface area (Å²) in [5.41, 5.74) is 1.000. The highest BCUT2D eigenvalue weighted by atomic mass is 79.9. The Morgan fingerprint density at radius 2 is 1.90 bits per heavy atom. The molecule has 0 saturated carbocycles. The number of likely N-dealkylation sites (N-methyl/N-ethyl adjacent to an activating group) is 1. The van der Waals surface area contributed by atoms with E-state index in [1.165, 1.54) is 0 Å². The van der Waals surface area contributed by atoms with Crippen LogP contribution in [0, 0.1) is 6.92 Å². The lowest BCUT2D eigenvalue weighted by Crippen LogP contribution is -2.31. The van der Waals surface area contributed by atoms with Crippen molar-refractivity contribution in [1.82, 2.24) is 4.90 Å². The Bertz CT molecular complexity index is 552. The van der Waals surface area contributed by atoms with Gasteiger partial charge in [0.15, 0.2) is 5.75 Å². The molecule has 0 aromatic heterocycles. The minimum Gasteiger partial charge on any atom is -0.488 e. The number of nitrogens with zero attached hydrogens (tertiary/aromatic N) is 1. The van der Waals surface area contributed by atoms with E-state index in [2.05, 4.69) is 15.9 Å². The maximum atomic E-state index is 6.12. The summed E-state index contributed by atoms with van der Waals surface area (Å²) < 4.78 is 12.4. The summed E-state index contributed by atoms with van der Waals surface area (Å²) >= 11 is 15.7. The van der Waals surface area contributed by atoms with E-state index < -0.39 is 0 Å². The number of benzene rings is 1. The first-order valence-electron chi connectivity index (χ1n) is 6.45. The number of allylic oxidation sites excluding steroid dienone is 2. The molecule has 0 fully saturated rings. The van der Waals surface area contributed by atoms with Gasteiger partial charge in [0.1, 0.15) is 12.8 Å². The van der Waals surface area contributed by atoms with E-state index >= 15 is 0 Å². The average molecular weight is 393 g/mol. The van der Waals surface area contributed by atoms with Crippen molar-refractivity contribution < 1.29 is 9.47 Å². The maximum absolute atomic E-state index is 6.12. The van der Waals surface area contributed by atoms with Crippen LogP contribution in [0.1, 0.15) is 5.56 Å². The van der Waals surface area contributed by atoms with Gasteiger partial charge < -0.3 is 14.4 Å². The minimum atomic E-state index is -0.0983. The monoisotopic (exact) mass is 391 g/mol. The van der Waals surface area contributed by atoms with Crippen LogP contribution in [0.5, 0.6) is 5.75 Å². The summed E-state index contributed by atoms with van der Waals surface area (Å²) in [6.45, 7) is 2.75. The lowest BCUT2D eigenvalue weighted by atomic mass is 10.2. The molecular formula is C15H16BrCl2NO2. The van der Waals surface area contributed by atoms with Crippen LogP contribution in [0.4, 0.5) is 0 Å². The molecule has 1 aromatic rings. The zero-order valence-electron chi connectivity index (χ0n) is 11.8. The highest BCUT2D eigenvalue weighted by Crippen LogP contribution is 2.33. The lowest BCUT2D eigenvalue weighted by Gasteiger charge is -2.27. The number of hydrogen-bond donors (Lipinski definition) is 0. The molecule has 0 aliphatic carbocycles. The second-order valence-electron chi connectivity index (χ2n) is 4.71. The van der Waals surface area contributed by atoms with Gasteiger partial charge in [-0.1, -0.05) is 23.2 Å². The first-order valence-corrected chi connectivity index (χ1v) is 8.00. The van der Waals surface area contributed by atoms with Crippen LogP contribution < -0.4 is 4.74 Å². The molecule has 0 amide bonds. The molecule has 2 rings (SSSR count). The number of rotatable bonds is 5. The Morgan fingerprint density at radius 1 is 1.24 bits per heavy atom. The summed E-state index contributed by atoms with van der Waals surface area (Å²) in [4.78, 5) is 1.97. The zero-order valence-corrected chi connectivity index (χ0v) is 14.9. The molecule has 0 radical (unpaired) electrons. The lowest BCUT2D eigenvalue weighted by molar-refractivity contribution is -0.00664. The van der Waals surface area contributed by atoms with Crippen LogP contribution >= 0.6 is 39.1 Å². The van der Waals surface area contributed by atoms with Crippen molar-refractivity contribution in [3.05, 3.63) is 50.6 Å². The van der Waals surface area contributed by atoms with Crippen molar-refractivity contribution in [2.24, 2.45) is 0 Å². The molecule has 21 heavy (non-hydrogen) atoms. The van der Waals surface area contributed by atoms with Crippen molar-refractivity contribution in [2.45, 2.75) is 13.2 Å². The van der Waals surface area contributed by atoms with Crippen molar-refractivity contribution >= 4 is 39.1 Å². The predicted octanol–water partition coefficient (Wildman–Crippen LogP) is 4.76. The van der Waals surface area contributed by atoms with Crippen molar-refractivity contribution in [3.63, 3.8) is 0 Å². The van der Waals surface area contributed by atoms with E-state index in [0.717, 1.165) is 10.0 Å². The molecule has 0 saturated heterocycles. The number of hydrogen-bond acceptors (Lipinski definition) is 3. The average Bonchev–Trinajstić information content (AvgIpc) is 2.38. The number of aryl methyl sites for hydroxylation is 1. The van der Waals surface area contributed by atoms with Gasteiger partial charge >= 0.3 is 0 Å². The van der Waals surface area contributed by atoms with E-state index in [0.29, 0.717) is 29.0 Å². The fraction of sp³-hybridized carbons (Fsp3) is 0.333. The molecule has 1 aromatic carbocycles. The van der Waals surface area contributed by atoms with Crippen molar-refractivity contribution in [1.29, 1.82) is 0 Å². The van der Waals surface area contributed by atoms with E-state index in [1.807, 2.05) is 49.4 Å². The summed E-state index contributed by atoms with van der Waals surface area (Å²) in [5, 5.41) is 1.03. The summed E-state index contributed by atoms with van der Waals surface area (Å²) in [5.74, 6) is 0.503. The van der Waals surface area contributed by atoms with E-state index in [4.69, 9.17) is 32.7 Å². The molecule has 6 heteroatoms. The SMILES string of the molecule is Cc1cc(Cl)c(OCCOC2C=CC(Br)=CN2C)c(Cl)c1. The van der Waals surface area contributed by atoms with E-state index in [1.54, 1.807) is 0 Å². The maximum Gasteiger partial charge on any atom is 0.156 e. The predicted molar refractivity (Wildman–Crippen MR) is 90.3 cm³/mol.